The van der Waals surface area contributed by atoms with Crippen LogP contribution in [0.2, 0.25) is 0 Å². The van der Waals surface area contributed by atoms with Crippen molar-refractivity contribution < 1.29 is 0 Å². The smallest absolute Gasteiger partial charge is 0.0694 e. The van der Waals surface area contributed by atoms with Gasteiger partial charge in [-0.15, -0.1) is 0 Å². The molecule has 0 bridgehead atoms. The van der Waals surface area contributed by atoms with Gasteiger partial charge in [-0.1, -0.05) is 36.0 Å². The van der Waals surface area contributed by atoms with Gasteiger partial charge >= 0.3 is 0 Å². The quantitative estimate of drug-likeness (QED) is 0.796. The molecule has 0 saturated heterocycles. The second-order valence-corrected chi connectivity index (χ2v) is 6.09. The zero-order valence-corrected chi connectivity index (χ0v) is 12.2. The molecule has 3 nitrogen and oxygen atoms in total. The van der Waals surface area contributed by atoms with Crippen LogP contribution in [0.3, 0.4) is 0 Å². The van der Waals surface area contributed by atoms with Crippen molar-refractivity contribution in [3.63, 3.8) is 0 Å². The molecule has 1 atom stereocenters. The summed E-state index contributed by atoms with van der Waals surface area (Å²) in [6.07, 6.45) is 1.90. The summed E-state index contributed by atoms with van der Waals surface area (Å²) in [6, 6.07) is 16.9. The van der Waals surface area contributed by atoms with Crippen LogP contribution in [0.15, 0.2) is 64.5 Å². The fraction of sp³-hybridized carbons (Fsp3) is 0.188. The van der Waals surface area contributed by atoms with E-state index in [1.807, 2.05) is 23.9 Å². The Bertz CT molecular complexity index is 704. The van der Waals surface area contributed by atoms with Gasteiger partial charge in [-0.2, -0.15) is 5.10 Å². The number of nitrogens with zero attached hydrogens (tertiary/aromatic N) is 2. The predicted molar refractivity (Wildman–Crippen MR) is 83.9 cm³/mol. The molecule has 2 N–H and O–H groups in total. The predicted octanol–water partition coefficient (Wildman–Crippen LogP) is 3.53. The van der Waals surface area contributed by atoms with Gasteiger partial charge in [0.2, 0.25) is 0 Å². The number of aromatic nitrogens is 2. The van der Waals surface area contributed by atoms with Crippen LogP contribution in [0.25, 0.3) is 10.9 Å². The summed E-state index contributed by atoms with van der Waals surface area (Å²) in [7, 11) is 0. The van der Waals surface area contributed by atoms with E-state index in [0.717, 1.165) is 17.4 Å². The Balaban J connectivity index is 1.93. The fourth-order valence-corrected chi connectivity index (χ4v) is 3.03. The number of benzene rings is 2. The van der Waals surface area contributed by atoms with Crippen LogP contribution in [0, 0.1) is 0 Å². The lowest BCUT2D eigenvalue weighted by molar-refractivity contribution is 0.553. The van der Waals surface area contributed by atoms with Crippen LogP contribution in [0.4, 0.5) is 0 Å². The highest BCUT2D eigenvalue weighted by Crippen LogP contribution is 2.29. The van der Waals surface area contributed by atoms with Gasteiger partial charge in [0.25, 0.3) is 0 Å². The lowest BCUT2D eigenvalue weighted by Crippen LogP contribution is -2.22. The summed E-state index contributed by atoms with van der Waals surface area (Å²) in [4.78, 5) is 2.46. The Labute approximate surface area is 122 Å². The van der Waals surface area contributed by atoms with Crippen molar-refractivity contribution in [2.75, 3.05) is 0 Å². The van der Waals surface area contributed by atoms with Crippen molar-refractivity contribution >= 4 is 22.7 Å². The van der Waals surface area contributed by atoms with E-state index in [-0.39, 0.29) is 6.04 Å². The molecule has 0 amide bonds. The van der Waals surface area contributed by atoms with Gasteiger partial charge in [-0.3, -0.25) is 4.68 Å². The van der Waals surface area contributed by atoms with E-state index in [1.165, 1.54) is 9.79 Å². The molecule has 0 aliphatic heterocycles. The van der Waals surface area contributed by atoms with Gasteiger partial charge in [-0.05, 0) is 31.2 Å². The Morgan fingerprint density at radius 3 is 2.70 bits per heavy atom. The second kappa shape index (κ2) is 5.69. The first-order valence-corrected chi connectivity index (χ1v) is 7.48. The van der Waals surface area contributed by atoms with Crippen molar-refractivity contribution in [3.05, 3.63) is 54.7 Å². The van der Waals surface area contributed by atoms with Crippen LogP contribution in [-0.2, 0) is 6.54 Å². The van der Waals surface area contributed by atoms with Crippen molar-refractivity contribution in [1.82, 2.24) is 9.78 Å². The van der Waals surface area contributed by atoms with E-state index in [9.17, 15) is 0 Å². The molecule has 0 unspecified atom stereocenters. The molecule has 0 radical (unpaired) electrons. The molecule has 0 fully saturated rings. The maximum Gasteiger partial charge on any atom is 0.0694 e. The van der Waals surface area contributed by atoms with Crippen molar-refractivity contribution in [2.45, 2.75) is 29.3 Å². The highest BCUT2D eigenvalue weighted by Gasteiger charge is 2.06. The van der Waals surface area contributed by atoms with Crippen LogP contribution in [0.1, 0.15) is 6.92 Å². The van der Waals surface area contributed by atoms with E-state index >= 15 is 0 Å². The number of hydrogen-bond acceptors (Lipinski definition) is 3. The maximum atomic E-state index is 5.87. The maximum absolute atomic E-state index is 5.87. The van der Waals surface area contributed by atoms with Crippen molar-refractivity contribution in [2.24, 2.45) is 5.73 Å². The van der Waals surface area contributed by atoms with Gasteiger partial charge in [0.1, 0.15) is 0 Å². The topological polar surface area (TPSA) is 43.8 Å². The minimum atomic E-state index is 0.100. The molecule has 0 aliphatic rings. The Morgan fingerprint density at radius 2 is 1.95 bits per heavy atom. The van der Waals surface area contributed by atoms with Crippen molar-refractivity contribution in [3.8, 4) is 0 Å². The molecule has 3 rings (SSSR count). The first-order valence-electron chi connectivity index (χ1n) is 6.66. The molecule has 0 aliphatic carbocycles. The lowest BCUT2D eigenvalue weighted by atomic mass is 10.2. The van der Waals surface area contributed by atoms with Crippen LogP contribution in [0.5, 0.6) is 0 Å². The normalized spacial score (nSPS) is 12.7. The summed E-state index contributed by atoms with van der Waals surface area (Å²) >= 11 is 1.76. The third kappa shape index (κ3) is 2.86. The first-order chi connectivity index (χ1) is 9.72. The van der Waals surface area contributed by atoms with E-state index < -0.39 is 0 Å². The van der Waals surface area contributed by atoms with Crippen molar-refractivity contribution in [1.29, 1.82) is 0 Å². The summed E-state index contributed by atoms with van der Waals surface area (Å²) in [5.41, 5.74) is 7.01. The Kier molecular flexibility index (Phi) is 3.76. The Morgan fingerprint density at radius 1 is 1.15 bits per heavy atom. The largest absolute Gasteiger partial charge is 0.326 e. The molecule has 1 aromatic heterocycles. The van der Waals surface area contributed by atoms with Crippen LogP contribution in [-0.4, -0.2) is 15.8 Å². The van der Waals surface area contributed by atoms with Gasteiger partial charge < -0.3 is 5.73 Å². The van der Waals surface area contributed by atoms with Gasteiger partial charge in [-0.25, -0.2) is 0 Å². The van der Waals surface area contributed by atoms with Crippen LogP contribution >= 0.6 is 11.8 Å². The zero-order chi connectivity index (χ0) is 13.9. The standard InChI is InChI=1S/C16H17N3S/c1-12(17)11-19-16-9-15(8-7-13(16)10-18-19)20-14-5-3-2-4-6-14/h2-10,12H,11,17H2,1H3/t12-/m0/s1. The zero-order valence-electron chi connectivity index (χ0n) is 11.4. The van der Waals surface area contributed by atoms with Gasteiger partial charge in [0.05, 0.1) is 18.3 Å². The van der Waals surface area contributed by atoms with E-state index in [2.05, 4.69) is 47.6 Å². The molecule has 0 spiro atoms. The van der Waals surface area contributed by atoms with Gasteiger partial charge in [0, 0.05) is 21.2 Å². The minimum Gasteiger partial charge on any atom is -0.326 e. The molecule has 102 valence electrons. The third-order valence-corrected chi connectivity index (χ3v) is 4.05. The SMILES string of the molecule is C[C@H](N)Cn1ncc2ccc(Sc3ccccc3)cc21. The molecule has 4 heteroatoms. The van der Waals surface area contributed by atoms with Gasteiger partial charge in [0.15, 0.2) is 0 Å². The Hall–Kier alpha value is -1.78. The summed E-state index contributed by atoms with van der Waals surface area (Å²) < 4.78 is 1.98. The van der Waals surface area contributed by atoms with E-state index in [4.69, 9.17) is 5.73 Å². The average molecular weight is 283 g/mol. The minimum absolute atomic E-state index is 0.100. The number of rotatable bonds is 4. The molecular formula is C16H17N3S. The summed E-state index contributed by atoms with van der Waals surface area (Å²) in [5, 5.41) is 5.57. The number of nitrogens with two attached hydrogens (primary N) is 1. The summed E-state index contributed by atoms with van der Waals surface area (Å²) in [5.74, 6) is 0. The average Bonchev–Trinajstić information content (AvgIpc) is 2.82. The van der Waals surface area contributed by atoms with E-state index in [0.29, 0.717) is 0 Å². The highest BCUT2D eigenvalue weighted by molar-refractivity contribution is 7.99. The molecule has 1 heterocycles. The summed E-state index contributed by atoms with van der Waals surface area (Å²) in [6.45, 7) is 2.74. The fourth-order valence-electron chi connectivity index (χ4n) is 2.16. The monoisotopic (exact) mass is 283 g/mol. The highest BCUT2D eigenvalue weighted by atomic mass is 32.2. The molecule has 3 aromatic rings. The lowest BCUT2D eigenvalue weighted by Gasteiger charge is -2.07. The number of fused-ring (bicyclic) bond motifs is 1. The molecule has 0 saturated carbocycles. The third-order valence-electron chi connectivity index (χ3n) is 3.06. The van der Waals surface area contributed by atoms with E-state index in [1.54, 1.807) is 11.8 Å². The van der Waals surface area contributed by atoms with Crippen LogP contribution < -0.4 is 5.73 Å². The first kappa shape index (κ1) is 13.2. The second-order valence-electron chi connectivity index (χ2n) is 4.94. The number of hydrogen-bond donors (Lipinski definition) is 1. The molecular weight excluding hydrogens is 266 g/mol. The molecule has 2 aromatic carbocycles. The molecule has 20 heavy (non-hydrogen) atoms.